The Kier molecular flexibility index (Phi) is 3.99. The molecule has 0 unspecified atom stereocenters. The van der Waals surface area contributed by atoms with Gasteiger partial charge in [0.2, 0.25) is 17.7 Å². The largest absolute Gasteiger partial charge is 0.368 e. The highest BCUT2D eigenvalue weighted by atomic mass is 19.1. The summed E-state index contributed by atoms with van der Waals surface area (Å²) in [6.07, 6.45) is -1.18. The van der Waals surface area contributed by atoms with Gasteiger partial charge in [-0.1, -0.05) is 12.1 Å². The molecule has 0 saturated carbocycles. The smallest absolute Gasteiger partial charge is 0.244 e. The van der Waals surface area contributed by atoms with E-state index in [0.717, 1.165) is 0 Å². The fourth-order valence-electron chi connectivity index (χ4n) is 3.03. The van der Waals surface area contributed by atoms with Crippen LogP contribution in [0.5, 0.6) is 0 Å². The average molecular weight is 320 g/mol. The number of likely N-dealkylation sites (tertiary alicyclic amines) is 1. The van der Waals surface area contributed by atoms with Crippen molar-refractivity contribution in [2.24, 2.45) is 5.73 Å². The number of benzene rings is 1. The summed E-state index contributed by atoms with van der Waals surface area (Å²) in [6.45, 7) is -0.277. The van der Waals surface area contributed by atoms with E-state index in [9.17, 15) is 18.8 Å². The first-order valence-electron chi connectivity index (χ1n) is 7.32. The quantitative estimate of drug-likeness (QED) is 0.811. The molecule has 7 nitrogen and oxygen atoms in total. The second kappa shape index (κ2) is 5.96. The number of alkyl halides is 1. The number of anilines is 2. The van der Waals surface area contributed by atoms with Gasteiger partial charge in [-0.05, 0) is 12.1 Å². The second-order valence-corrected chi connectivity index (χ2v) is 5.73. The number of nitrogens with one attached hydrogen (secondary N) is 1. The van der Waals surface area contributed by atoms with Crippen molar-refractivity contribution < 1.29 is 18.8 Å². The summed E-state index contributed by atoms with van der Waals surface area (Å²) in [5.41, 5.74) is 6.40. The molecule has 3 amide bonds. The van der Waals surface area contributed by atoms with Crippen LogP contribution in [0.15, 0.2) is 24.3 Å². The number of carbonyl (C=O) groups excluding carboxylic acids is 3. The maximum absolute atomic E-state index is 13.5. The third-order valence-electron chi connectivity index (χ3n) is 4.09. The highest BCUT2D eigenvalue weighted by molar-refractivity contribution is 6.10. The Hall–Kier alpha value is -2.48. The zero-order valence-electron chi connectivity index (χ0n) is 12.4. The van der Waals surface area contributed by atoms with Crippen LogP contribution in [0.1, 0.15) is 6.42 Å². The van der Waals surface area contributed by atoms with Crippen LogP contribution in [0.4, 0.5) is 15.8 Å². The summed E-state index contributed by atoms with van der Waals surface area (Å²) in [6, 6.07) is 6.15. The molecular formula is C15H17FN4O3. The highest BCUT2D eigenvalue weighted by Gasteiger charge is 2.38. The van der Waals surface area contributed by atoms with Crippen molar-refractivity contribution in [3.8, 4) is 0 Å². The predicted octanol–water partition coefficient (Wildman–Crippen LogP) is -0.131. The van der Waals surface area contributed by atoms with Crippen molar-refractivity contribution in [1.29, 1.82) is 0 Å². The van der Waals surface area contributed by atoms with Gasteiger partial charge in [-0.2, -0.15) is 0 Å². The van der Waals surface area contributed by atoms with Crippen LogP contribution < -0.4 is 16.0 Å². The number of para-hydroxylation sites is 2. The van der Waals surface area contributed by atoms with Gasteiger partial charge in [0.15, 0.2) is 0 Å². The molecule has 23 heavy (non-hydrogen) atoms. The van der Waals surface area contributed by atoms with Crippen LogP contribution in [0.2, 0.25) is 0 Å². The number of amides is 3. The molecule has 1 saturated heterocycles. The van der Waals surface area contributed by atoms with Gasteiger partial charge in [0.05, 0.1) is 24.0 Å². The first-order chi connectivity index (χ1) is 11.0. The minimum Gasteiger partial charge on any atom is -0.368 e. The van der Waals surface area contributed by atoms with Crippen LogP contribution in [0.25, 0.3) is 0 Å². The van der Waals surface area contributed by atoms with E-state index in [2.05, 4.69) is 5.32 Å². The van der Waals surface area contributed by atoms with Gasteiger partial charge < -0.3 is 11.1 Å². The van der Waals surface area contributed by atoms with Gasteiger partial charge in [0.1, 0.15) is 12.7 Å². The Morgan fingerprint density at radius 2 is 2.09 bits per heavy atom. The van der Waals surface area contributed by atoms with Crippen LogP contribution in [0.3, 0.4) is 0 Å². The fourth-order valence-corrected chi connectivity index (χ4v) is 3.03. The standard InChI is InChI=1S/C15H17FN4O3/c16-9-5-12(15(17)23)19(6-9)8-14(22)20-7-13(21)18-10-3-1-2-4-11(10)20/h1-4,9,12H,5-8H2,(H2,17,23)(H,18,21)/t9-,12+/m1/s1. The molecule has 122 valence electrons. The normalized spacial score (nSPS) is 24.2. The Bertz CT molecular complexity index is 666. The highest BCUT2D eigenvalue weighted by Crippen LogP contribution is 2.29. The molecule has 2 aliphatic rings. The molecule has 2 heterocycles. The lowest BCUT2D eigenvalue weighted by molar-refractivity contribution is -0.125. The summed E-state index contributed by atoms with van der Waals surface area (Å²) >= 11 is 0. The number of hydrogen-bond acceptors (Lipinski definition) is 4. The molecule has 1 aromatic rings. The summed E-state index contributed by atoms with van der Waals surface area (Å²) in [5.74, 6) is -1.31. The molecular weight excluding hydrogens is 303 g/mol. The van der Waals surface area contributed by atoms with E-state index in [0.29, 0.717) is 11.4 Å². The predicted molar refractivity (Wildman–Crippen MR) is 81.5 cm³/mol. The molecule has 1 fully saturated rings. The summed E-state index contributed by atoms with van der Waals surface area (Å²) in [5, 5.41) is 2.69. The minimum absolute atomic E-state index is 0.000311. The number of carbonyl (C=O) groups is 3. The number of nitrogens with zero attached hydrogens (tertiary/aromatic N) is 2. The zero-order chi connectivity index (χ0) is 16.6. The van der Waals surface area contributed by atoms with E-state index in [1.54, 1.807) is 24.3 Å². The van der Waals surface area contributed by atoms with Gasteiger partial charge in [-0.15, -0.1) is 0 Å². The Morgan fingerprint density at radius 1 is 1.35 bits per heavy atom. The summed E-state index contributed by atoms with van der Waals surface area (Å²) in [7, 11) is 0. The number of halogens is 1. The fraction of sp³-hybridized carbons (Fsp3) is 0.400. The van der Waals surface area contributed by atoms with E-state index in [-0.39, 0.29) is 37.9 Å². The number of nitrogens with two attached hydrogens (primary N) is 1. The van der Waals surface area contributed by atoms with E-state index in [1.807, 2.05) is 0 Å². The third-order valence-corrected chi connectivity index (χ3v) is 4.09. The molecule has 0 aliphatic carbocycles. The van der Waals surface area contributed by atoms with E-state index < -0.39 is 18.1 Å². The van der Waals surface area contributed by atoms with Crippen LogP contribution in [-0.2, 0) is 14.4 Å². The molecule has 8 heteroatoms. The molecule has 0 spiro atoms. The lowest BCUT2D eigenvalue weighted by atomic mass is 10.2. The van der Waals surface area contributed by atoms with Crippen molar-refractivity contribution in [1.82, 2.24) is 4.90 Å². The molecule has 0 bridgehead atoms. The van der Waals surface area contributed by atoms with Crippen molar-refractivity contribution in [2.75, 3.05) is 29.9 Å². The molecule has 2 atom stereocenters. The van der Waals surface area contributed by atoms with Crippen LogP contribution >= 0.6 is 0 Å². The van der Waals surface area contributed by atoms with Gasteiger partial charge in [-0.3, -0.25) is 24.2 Å². The molecule has 3 N–H and O–H groups in total. The number of primary amides is 1. The van der Waals surface area contributed by atoms with Crippen molar-refractivity contribution in [2.45, 2.75) is 18.6 Å². The minimum atomic E-state index is -1.18. The summed E-state index contributed by atoms with van der Waals surface area (Å²) in [4.78, 5) is 38.5. The Balaban J connectivity index is 1.78. The number of rotatable bonds is 3. The first-order valence-corrected chi connectivity index (χ1v) is 7.32. The van der Waals surface area contributed by atoms with Crippen molar-refractivity contribution in [3.05, 3.63) is 24.3 Å². The Morgan fingerprint density at radius 3 is 2.83 bits per heavy atom. The van der Waals surface area contributed by atoms with Gasteiger partial charge in [-0.25, -0.2) is 4.39 Å². The van der Waals surface area contributed by atoms with Crippen LogP contribution in [0, 0.1) is 0 Å². The monoisotopic (exact) mass is 320 g/mol. The molecule has 2 aliphatic heterocycles. The summed E-state index contributed by atoms with van der Waals surface area (Å²) < 4.78 is 13.5. The lowest BCUT2D eigenvalue weighted by Gasteiger charge is -2.31. The van der Waals surface area contributed by atoms with Gasteiger partial charge in [0, 0.05) is 13.0 Å². The number of hydrogen-bond donors (Lipinski definition) is 2. The Labute approximate surface area is 132 Å². The van der Waals surface area contributed by atoms with Crippen molar-refractivity contribution >= 4 is 29.1 Å². The average Bonchev–Trinajstić information content (AvgIpc) is 2.87. The molecule has 3 rings (SSSR count). The number of fused-ring (bicyclic) bond motifs is 1. The topological polar surface area (TPSA) is 95.7 Å². The molecule has 1 aromatic carbocycles. The maximum atomic E-state index is 13.5. The van der Waals surface area contributed by atoms with Gasteiger partial charge in [0.25, 0.3) is 0 Å². The third kappa shape index (κ3) is 3.02. The van der Waals surface area contributed by atoms with E-state index >= 15 is 0 Å². The van der Waals surface area contributed by atoms with Gasteiger partial charge >= 0.3 is 0 Å². The van der Waals surface area contributed by atoms with Crippen molar-refractivity contribution in [3.63, 3.8) is 0 Å². The first kappa shape index (κ1) is 15.4. The zero-order valence-corrected chi connectivity index (χ0v) is 12.4. The second-order valence-electron chi connectivity index (χ2n) is 5.73. The molecule has 0 radical (unpaired) electrons. The maximum Gasteiger partial charge on any atom is 0.244 e. The van der Waals surface area contributed by atoms with Crippen LogP contribution in [-0.4, -0.2) is 54.5 Å². The molecule has 0 aromatic heterocycles. The van der Waals surface area contributed by atoms with E-state index in [4.69, 9.17) is 5.73 Å². The van der Waals surface area contributed by atoms with E-state index in [1.165, 1.54) is 9.80 Å². The lowest BCUT2D eigenvalue weighted by Crippen LogP contribution is -2.49. The SMILES string of the molecule is NC(=O)[C@@H]1C[C@@H](F)CN1CC(=O)N1CC(=O)Nc2ccccc21.